The molecule has 0 saturated carbocycles. The van der Waals surface area contributed by atoms with E-state index in [1.54, 1.807) is 47.4 Å². The van der Waals surface area contributed by atoms with Gasteiger partial charge in [0.1, 0.15) is 15.7 Å². The molecule has 5 rings (SSSR count). The number of nitrogens with one attached hydrogen (secondary N) is 1. The first-order valence-corrected chi connectivity index (χ1v) is 10.9. The highest BCUT2D eigenvalue weighted by Crippen LogP contribution is 2.30. The molecule has 0 unspecified atom stereocenters. The Kier molecular flexibility index (Phi) is 5.25. The molecule has 2 heterocycles. The highest BCUT2D eigenvalue weighted by atomic mass is 32.1. The molecule has 4 aromatic rings. The number of carbonyl (C=O) groups is 2. The van der Waals surface area contributed by atoms with Crippen molar-refractivity contribution in [3.05, 3.63) is 101 Å². The molecule has 0 radical (unpaired) electrons. The fraction of sp³-hybridized carbons (Fsp3) is 0.0800. The molecule has 32 heavy (non-hydrogen) atoms. The van der Waals surface area contributed by atoms with E-state index in [1.807, 2.05) is 24.3 Å². The third-order valence-corrected chi connectivity index (χ3v) is 6.39. The number of anilines is 2. The first kappa shape index (κ1) is 20.1. The summed E-state index contributed by atoms with van der Waals surface area (Å²) in [6.07, 6.45) is 2.28. The summed E-state index contributed by atoms with van der Waals surface area (Å²) >= 11 is 1.12. The van der Waals surface area contributed by atoms with Gasteiger partial charge in [0.05, 0.1) is 6.20 Å². The van der Waals surface area contributed by atoms with Gasteiger partial charge in [-0.05, 0) is 54.4 Å². The number of rotatable bonds is 4. The van der Waals surface area contributed by atoms with Crippen LogP contribution in [0.15, 0.2) is 79.0 Å². The van der Waals surface area contributed by atoms with Gasteiger partial charge < -0.3 is 10.2 Å². The van der Waals surface area contributed by atoms with Crippen LogP contribution in [0.1, 0.15) is 25.6 Å². The van der Waals surface area contributed by atoms with Gasteiger partial charge in [0.2, 0.25) is 0 Å². The summed E-state index contributed by atoms with van der Waals surface area (Å²) in [5.41, 5.74) is 3.60. The standard InChI is InChI=1S/C25H18FN3O2S/c26-20-7-3-2-6-19(20)24-27-15-22(32-24)23(30)28-18-11-9-17(10-12-18)25(31)29-14-13-16-5-1-4-8-21(16)29/h1-12,15H,13-14H2,(H,28,30). The van der Waals surface area contributed by atoms with Crippen molar-refractivity contribution in [1.82, 2.24) is 4.98 Å². The molecule has 1 aliphatic rings. The third-order valence-electron chi connectivity index (χ3n) is 5.36. The van der Waals surface area contributed by atoms with E-state index < -0.39 is 0 Å². The van der Waals surface area contributed by atoms with Crippen LogP contribution in [0.25, 0.3) is 10.6 Å². The largest absolute Gasteiger partial charge is 0.321 e. The highest BCUT2D eigenvalue weighted by molar-refractivity contribution is 7.17. The number of nitrogens with zero attached hydrogens (tertiary/aromatic N) is 2. The maximum atomic E-state index is 14.0. The molecular formula is C25H18FN3O2S. The molecular weight excluding hydrogens is 425 g/mol. The van der Waals surface area contributed by atoms with Crippen LogP contribution in [0.2, 0.25) is 0 Å². The lowest BCUT2D eigenvalue weighted by Crippen LogP contribution is -2.28. The number of fused-ring (bicyclic) bond motifs is 1. The number of para-hydroxylation sites is 1. The molecule has 3 aromatic carbocycles. The van der Waals surface area contributed by atoms with Crippen LogP contribution >= 0.6 is 11.3 Å². The summed E-state index contributed by atoms with van der Waals surface area (Å²) in [7, 11) is 0. The molecule has 2 amide bonds. The Labute approximate surface area is 188 Å². The quantitative estimate of drug-likeness (QED) is 0.459. The van der Waals surface area contributed by atoms with Crippen LogP contribution in [0.5, 0.6) is 0 Å². The second-order valence-corrected chi connectivity index (χ2v) is 8.41. The van der Waals surface area contributed by atoms with Crippen molar-refractivity contribution in [2.45, 2.75) is 6.42 Å². The maximum Gasteiger partial charge on any atom is 0.267 e. The van der Waals surface area contributed by atoms with Crippen molar-refractivity contribution in [1.29, 1.82) is 0 Å². The summed E-state index contributed by atoms with van der Waals surface area (Å²) in [6, 6.07) is 21.0. The Bertz CT molecular complexity index is 1320. The second-order valence-electron chi connectivity index (χ2n) is 7.38. The topological polar surface area (TPSA) is 62.3 Å². The first-order valence-electron chi connectivity index (χ1n) is 10.1. The predicted octanol–water partition coefficient (Wildman–Crippen LogP) is 5.40. The van der Waals surface area contributed by atoms with Crippen LogP contribution in [-0.4, -0.2) is 23.3 Å². The summed E-state index contributed by atoms with van der Waals surface area (Å²) in [6.45, 7) is 0.659. The molecule has 1 aliphatic heterocycles. The van der Waals surface area contributed by atoms with Gasteiger partial charge in [-0.25, -0.2) is 9.37 Å². The number of aromatic nitrogens is 1. The first-order chi connectivity index (χ1) is 15.6. The highest BCUT2D eigenvalue weighted by Gasteiger charge is 2.25. The monoisotopic (exact) mass is 443 g/mol. The lowest BCUT2D eigenvalue weighted by Gasteiger charge is -2.17. The van der Waals surface area contributed by atoms with Gasteiger partial charge in [0.15, 0.2) is 0 Å². The smallest absolute Gasteiger partial charge is 0.267 e. The number of halogens is 1. The molecule has 0 spiro atoms. The van der Waals surface area contributed by atoms with E-state index in [9.17, 15) is 14.0 Å². The van der Waals surface area contributed by atoms with Gasteiger partial charge in [-0.3, -0.25) is 9.59 Å². The molecule has 7 heteroatoms. The Morgan fingerprint density at radius 1 is 0.969 bits per heavy atom. The summed E-state index contributed by atoms with van der Waals surface area (Å²) in [4.78, 5) is 31.9. The predicted molar refractivity (Wildman–Crippen MR) is 124 cm³/mol. The number of amides is 2. The average Bonchev–Trinajstić information content (AvgIpc) is 3.47. The molecule has 1 N–H and O–H groups in total. The van der Waals surface area contributed by atoms with Gasteiger partial charge in [-0.2, -0.15) is 0 Å². The van der Waals surface area contributed by atoms with Crippen LogP contribution in [0.3, 0.4) is 0 Å². The van der Waals surface area contributed by atoms with Crippen molar-refractivity contribution in [2.24, 2.45) is 0 Å². The van der Waals surface area contributed by atoms with E-state index in [2.05, 4.69) is 10.3 Å². The van der Waals surface area contributed by atoms with E-state index in [-0.39, 0.29) is 17.6 Å². The van der Waals surface area contributed by atoms with E-state index in [1.165, 1.54) is 17.8 Å². The van der Waals surface area contributed by atoms with Crippen LogP contribution in [-0.2, 0) is 6.42 Å². The molecule has 158 valence electrons. The fourth-order valence-corrected chi connectivity index (χ4v) is 4.57. The minimum atomic E-state index is -0.380. The van der Waals surface area contributed by atoms with Crippen LogP contribution in [0.4, 0.5) is 15.8 Å². The molecule has 1 aromatic heterocycles. The van der Waals surface area contributed by atoms with E-state index in [0.29, 0.717) is 33.2 Å². The zero-order valence-corrected chi connectivity index (χ0v) is 17.7. The molecule has 0 aliphatic carbocycles. The van der Waals surface area contributed by atoms with Crippen molar-refractivity contribution in [3.8, 4) is 10.6 Å². The summed E-state index contributed by atoms with van der Waals surface area (Å²) < 4.78 is 14.0. The minimum absolute atomic E-state index is 0.0650. The lowest BCUT2D eigenvalue weighted by atomic mass is 10.1. The SMILES string of the molecule is O=C(Nc1ccc(C(=O)N2CCc3ccccc32)cc1)c1cnc(-c2ccccc2F)s1. The van der Waals surface area contributed by atoms with Gasteiger partial charge in [-0.1, -0.05) is 30.3 Å². The maximum absolute atomic E-state index is 14.0. The molecule has 0 bridgehead atoms. The number of carbonyl (C=O) groups excluding carboxylic acids is 2. The zero-order valence-electron chi connectivity index (χ0n) is 16.9. The van der Waals surface area contributed by atoms with Crippen molar-refractivity contribution < 1.29 is 14.0 Å². The molecule has 0 atom stereocenters. The van der Waals surface area contributed by atoms with Gasteiger partial charge >= 0.3 is 0 Å². The number of hydrogen-bond donors (Lipinski definition) is 1. The Morgan fingerprint density at radius 2 is 1.72 bits per heavy atom. The fourth-order valence-electron chi connectivity index (χ4n) is 3.73. The van der Waals surface area contributed by atoms with Crippen molar-refractivity contribution >= 4 is 34.5 Å². The summed E-state index contributed by atoms with van der Waals surface area (Å²) in [5.74, 6) is -0.780. The number of benzene rings is 3. The number of hydrogen-bond acceptors (Lipinski definition) is 4. The lowest BCUT2D eigenvalue weighted by molar-refractivity contribution is 0.0988. The van der Waals surface area contributed by atoms with Crippen molar-refractivity contribution in [3.63, 3.8) is 0 Å². The Hall–Kier alpha value is -3.84. The Morgan fingerprint density at radius 3 is 2.53 bits per heavy atom. The van der Waals surface area contributed by atoms with E-state index in [4.69, 9.17) is 0 Å². The van der Waals surface area contributed by atoms with E-state index in [0.717, 1.165) is 23.4 Å². The molecule has 0 fully saturated rings. The molecule has 0 saturated heterocycles. The normalized spacial score (nSPS) is 12.5. The number of thiazole rings is 1. The van der Waals surface area contributed by atoms with Gasteiger partial charge in [-0.15, -0.1) is 11.3 Å². The third kappa shape index (κ3) is 3.78. The average molecular weight is 444 g/mol. The minimum Gasteiger partial charge on any atom is -0.321 e. The second kappa shape index (κ2) is 8.36. The van der Waals surface area contributed by atoms with E-state index >= 15 is 0 Å². The summed E-state index contributed by atoms with van der Waals surface area (Å²) in [5, 5.41) is 3.25. The zero-order chi connectivity index (χ0) is 22.1. The van der Waals surface area contributed by atoms with Crippen LogP contribution in [0, 0.1) is 5.82 Å². The van der Waals surface area contributed by atoms with Gasteiger partial charge in [0, 0.05) is 29.0 Å². The van der Waals surface area contributed by atoms with Gasteiger partial charge in [0.25, 0.3) is 11.8 Å². The molecule has 5 nitrogen and oxygen atoms in total. The van der Waals surface area contributed by atoms with Crippen LogP contribution < -0.4 is 10.2 Å². The Balaban J connectivity index is 1.28. The van der Waals surface area contributed by atoms with Crippen molar-refractivity contribution in [2.75, 3.05) is 16.8 Å².